The second-order valence-electron chi connectivity index (χ2n) is 4.35. The number of rotatable bonds is 0. The number of hydrogen-bond donors (Lipinski definition) is 0. The summed E-state index contributed by atoms with van der Waals surface area (Å²) in [5.74, 6) is 1.01. The van der Waals surface area contributed by atoms with Crippen LogP contribution >= 0.6 is 0 Å². The van der Waals surface area contributed by atoms with Crippen molar-refractivity contribution in [1.29, 1.82) is 0 Å². The molecule has 1 aliphatic rings. The molecule has 0 aromatic rings. The third-order valence-electron chi connectivity index (χ3n) is 2.58. The summed E-state index contributed by atoms with van der Waals surface area (Å²) in [6.07, 6.45) is 5.90. The van der Waals surface area contributed by atoms with Gasteiger partial charge in [-0.2, -0.15) is 0 Å². The van der Waals surface area contributed by atoms with Crippen molar-refractivity contribution < 1.29 is 0 Å². The molecule has 0 saturated heterocycles. The van der Waals surface area contributed by atoms with Gasteiger partial charge < -0.3 is 0 Å². The Morgan fingerprint density at radius 2 is 1.40 bits per heavy atom. The average Bonchev–Trinajstić information content (AvgIpc) is 2.08. The van der Waals surface area contributed by atoms with Crippen LogP contribution in [-0.2, 0) is 0 Å². The maximum atomic E-state index is 2.36. The fraction of sp³-hybridized carbons (Fsp3) is 1.00. The lowest BCUT2D eigenvalue weighted by Gasteiger charge is -2.26. The third kappa shape index (κ3) is 2.32. The molecule has 1 aliphatic carbocycles. The third-order valence-corrected chi connectivity index (χ3v) is 2.58. The second-order valence-corrected chi connectivity index (χ2v) is 4.35. The molecule has 0 bridgehead atoms. The molecule has 0 heteroatoms. The van der Waals surface area contributed by atoms with Crippen LogP contribution in [0.15, 0.2) is 0 Å². The van der Waals surface area contributed by atoms with E-state index in [1.165, 1.54) is 25.7 Å². The highest BCUT2D eigenvalue weighted by molar-refractivity contribution is 4.78. The smallest absolute Gasteiger partial charge is 0.0354 e. The van der Waals surface area contributed by atoms with Crippen LogP contribution in [0.5, 0.6) is 0 Å². The van der Waals surface area contributed by atoms with E-state index in [0.717, 1.165) is 5.92 Å². The first-order valence-electron chi connectivity index (χ1n) is 4.11. The molecule has 0 aromatic carbocycles. The molecule has 0 aliphatic heterocycles. The first-order valence-corrected chi connectivity index (χ1v) is 4.11. The monoisotopic (exact) mass is 142 g/mol. The zero-order valence-electron chi connectivity index (χ0n) is 6.91. The van der Waals surface area contributed by atoms with E-state index >= 15 is 0 Å². The van der Waals surface area contributed by atoms with Crippen LogP contribution in [0.1, 0.15) is 53.9 Å². The Hall–Kier alpha value is 0. The lowest BCUT2D eigenvalue weighted by atomic mass is 9.80. The van der Waals surface area contributed by atoms with Crippen LogP contribution in [0, 0.1) is 11.3 Å². The van der Waals surface area contributed by atoms with Gasteiger partial charge in [-0.15, -0.1) is 0 Å². The van der Waals surface area contributed by atoms with Crippen molar-refractivity contribution >= 4 is 0 Å². The molecule has 1 rings (SSSR count). The van der Waals surface area contributed by atoms with Gasteiger partial charge in [0.15, 0.2) is 0 Å². The fourth-order valence-electron chi connectivity index (χ4n) is 1.79. The largest absolute Gasteiger partial charge is 0.0776 e. The summed E-state index contributed by atoms with van der Waals surface area (Å²) in [5.41, 5.74) is 0.580. The first-order chi connectivity index (χ1) is 4.11. The van der Waals surface area contributed by atoms with E-state index < -0.39 is 0 Å². The van der Waals surface area contributed by atoms with Crippen LogP contribution in [0.4, 0.5) is 0 Å². The molecular weight excluding hydrogens is 120 g/mol. The molecule has 0 nitrogen and oxygen atoms in total. The van der Waals surface area contributed by atoms with Crippen LogP contribution in [0.3, 0.4) is 0 Å². The first kappa shape index (κ1) is 10.0. The van der Waals surface area contributed by atoms with Gasteiger partial charge in [-0.1, -0.05) is 41.0 Å². The molecule has 0 amide bonds. The van der Waals surface area contributed by atoms with Gasteiger partial charge in [-0.25, -0.2) is 0 Å². The Morgan fingerprint density at radius 3 is 1.60 bits per heavy atom. The summed E-state index contributed by atoms with van der Waals surface area (Å²) in [6.45, 7) is 7.09. The predicted molar refractivity (Wildman–Crippen MR) is 48.1 cm³/mol. The van der Waals surface area contributed by atoms with Gasteiger partial charge in [0, 0.05) is 0 Å². The van der Waals surface area contributed by atoms with Gasteiger partial charge in [0.05, 0.1) is 0 Å². The molecule has 0 unspecified atom stereocenters. The van der Waals surface area contributed by atoms with Gasteiger partial charge in [-0.3, -0.25) is 0 Å². The van der Waals surface area contributed by atoms with E-state index in [2.05, 4.69) is 20.8 Å². The van der Waals surface area contributed by atoms with E-state index in [1.54, 1.807) is 0 Å². The molecule has 0 radical (unpaired) electrons. The van der Waals surface area contributed by atoms with Crippen LogP contribution in [0.2, 0.25) is 0 Å². The van der Waals surface area contributed by atoms with E-state index in [9.17, 15) is 0 Å². The van der Waals surface area contributed by atoms with Crippen molar-refractivity contribution in [3.05, 3.63) is 0 Å². The predicted octanol–water partition coefficient (Wildman–Crippen LogP) is 3.86. The van der Waals surface area contributed by atoms with Crippen LogP contribution in [0.25, 0.3) is 0 Å². The lowest BCUT2D eigenvalue weighted by Crippen LogP contribution is -2.16. The average molecular weight is 142 g/mol. The van der Waals surface area contributed by atoms with E-state index in [-0.39, 0.29) is 7.43 Å². The number of hydrogen-bond acceptors (Lipinski definition) is 0. The molecule has 62 valence electrons. The Morgan fingerprint density at radius 1 is 1.00 bits per heavy atom. The van der Waals surface area contributed by atoms with Gasteiger partial charge >= 0.3 is 0 Å². The minimum atomic E-state index is 0. The SMILES string of the molecule is C.CC(C)(C)C1CCCC1. The molecule has 1 saturated carbocycles. The Labute approximate surface area is 66.0 Å². The highest BCUT2D eigenvalue weighted by Crippen LogP contribution is 2.38. The van der Waals surface area contributed by atoms with Crippen molar-refractivity contribution in [2.75, 3.05) is 0 Å². The van der Waals surface area contributed by atoms with Crippen LogP contribution < -0.4 is 0 Å². The second kappa shape index (κ2) is 3.41. The van der Waals surface area contributed by atoms with Gasteiger partial charge in [0.25, 0.3) is 0 Å². The topological polar surface area (TPSA) is 0 Å². The maximum Gasteiger partial charge on any atom is -0.0354 e. The van der Waals surface area contributed by atoms with Crippen molar-refractivity contribution in [3.63, 3.8) is 0 Å². The molecule has 0 N–H and O–H groups in total. The normalized spacial score (nSPS) is 20.7. The highest BCUT2D eigenvalue weighted by atomic mass is 14.3. The molecular formula is C10H22. The molecule has 0 aromatic heterocycles. The minimum Gasteiger partial charge on any atom is -0.0776 e. The van der Waals surface area contributed by atoms with Gasteiger partial charge in [0.2, 0.25) is 0 Å². The highest BCUT2D eigenvalue weighted by Gasteiger charge is 2.26. The Kier molecular flexibility index (Phi) is 3.41. The van der Waals surface area contributed by atoms with Crippen molar-refractivity contribution in [3.8, 4) is 0 Å². The molecule has 1 fully saturated rings. The Bertz CT molecular complexity index is 80.7. The molecule has 10 heavy (non-hydrogen) atoms. The lowest BCUT2D eigenvalue weighted by molar-refractivity contribution is 0.246. The summed E-state index contributed by atoms with van der Waals surface area (Å²) in [6, 6.07) is 0. The maximum absolute atomic E-state index is 2.36. The van der Waals surface area contributed by atoms with E-state index in [4.69, 9.17) is 0 Å². The summed E-state index contributed by atoms with van der Waals surface area (Å²) in [4.78, 5) is 0. The summed E-state index contributed by atoms with van der Waals surface area (Å²) in [5, 5.41) is 0. The summed E-state index contributed by atoms with van der Waals surface area (Å²) in [7, 11) is 0. The van der Waals surface area contributed by atoms with E-state index in [1.807, 2.05) is 0 Å². The quantitative estimate of drug-likeness (QED) is 0.482. The standard InChI is InChI=1S/C9H18.CH4/c1-9(2,3)8-6-4-5-7-8;/h8H,4-7H2,1-3H3;1H4. The van der Waals surface area contributed by atoms with E-state index in [0.29, 0.717) is 5.41 Å². The molecule has 0 spiro atoms. The van der Waals surface area contributed by atoms with Gasteiger partial charge in [-0.05, 0) is 24.2 Å². The Balaban J connectivity index is 0.000000810. The van der Waals surface area contributed by atoms with Crippen molar-refractivity contribution in [2.24, 2.45) is 11.3 Å². The van der Waals surface area contributed by atoms with Crippen molar-refractivity contribution in [1.82, 2.24) is 0 Å². The summed E-state index contributed by atoms with van der Waals surface area (Å²) >= 11 is 0. The molecule has 0 heterocycles. The minimum absolute atomic E-state index is 0. The summed E-state index contributed by atoms with van der Waals surface area (Å²) < 4.78 is 0. The molecule has 0 atom stereocenters. The zero-order valence-corrected chi connectivity index (χ0v) is 6.91. The van der Waals surface area contributed by atoms with Gasteiger partial charge in [0.1, 0.15) is 0 Å². The zero-order chi connectivity index (χ0) is 6.91. The fourth-order valence-corrected chi connectivity index (χ4v) is 1.79. The van der Waals surface area contributed by atoms with Crippen LogP contribution in [-0.4, -0.2) is 0 Å². The van der Waals surface area contributed by atoms with Crippen molar-refractivity contribution in [2.45, 2.75) is 53.9 Å².